The predicted octanol–water partition coefficient (Wildman–Crippen LogP) is 1.77. The number of H-pyrrole nitrogens is 1. The van der Waals surface area contributed by atoms with Crippen LogP contribution in [0.15, 0.2) is 36.7 Å². The second-order valence-corrected chi connectivity index (χ2v) is 6.50. The zero-order chi connectivity index (χ0) is 18.8. The summed E-state index contributed by atoms with van der Waals surface area (Å²) in [5.41, 5.74) is 9.64. The number of aryl methyl sites for hydroxylation is 1. The molecule has 6 N–H and O–H groups in total. The maximum absolute atomic E-state index is 6.24. The number of anilines is 4. The summed E-state index contributed by atoms with van der Waals surface area (Å²) in [6, 6.07) is 7.58. The lowest BCUT2D eigenvalue weighted by Gasteiger charge is -2.24. The van der Waals surface area contributed by atoms with Crippen molar-refractivity contribution >= 4 is 23.1 Å². The molecule has 2 heterocycles. The molecule has 2 aromatic heterocycles. The van der Waals surface area contributed by atoms with Crippen LogP contribution in [0.25, 0.3) is 0 Å². The number of hydrazine groups is 1. The lowest BCUT2D eigenvalue weighted by molar-refractivity contribution is 0.415. The molecule has 0 spiro atoms. The van der Waals surface area contributed by atoms with Crippen molar-refractivity contribution in [3.63, 3.8) is 0 Å². The normalized spacial score (nSPS) is 15.9. The molecule has 27 heavy (non-hydrogen) atoms. The van der Waals surface area contributed by atoms with E-state index in [1.54, 1.807) is 13.3 Å². The Morgan fingerprint density at radius 2 is 2.07 bits per heavy atom. The van der Waals surface area contributed by atoms with Gasteiger partial charge < -0.3 is 15.8 Å². The van der Waals surface area contributed by atoms with E-state index in [9.17, 15) is 0 Å². The van der Waals surface area contributed by atoms with Gasteiger partial charge in [-0.15, -0.1) is 0 Å². The molecule has 3 aromatic rings. The SMILES string of the molecule is COc1ccc(N(N)c2nc(NC3CCc4[nH]ncc4C3)ncc2N)cc1. The van der Waals surface area contributed by atoms with E-state index in [1.165, 1.54) is 16.3 Å². The minimum atomic E-state index is 0.235. The van der Waals surface area contributed by atoms with Crippen LogP contribution in [0, 0.1) is 0 Å². The van der Waals surface area contributed by atoms with Crippen LogP contribution in [0.1, 0.15) is 17.7 Å². The van der Waals surface area contributed by atoms with Crippen LogP contribution in [-0.4, -0.2) is 33.3 Å². The zero-order valence-electron chi connectivity index (χ0n) is 15.0. The topological polar surface area (TPSA) is 131 Å². The number of aromatic amines is 1. The summed E-state index contributed by atoms with van der Waals surface area (Å²) in [5.74, 6) is 7.94. The number of methoxy groups -OCH3 is 1. The number of aromatic nitrogens is 4. The molecule has 0 saturated carbocycles. The smallest absolute Gasteiger partial charge is 0.225 e. The number of rotatable bonds is 5. The van der Waals surface area contributed by atoms with Gasteiger partial charge in [0, 0.05) is 11.7 Å². The Balaban J connectivity index is 1.52. The Hall–Kier alpha value is -3.33. The van der Waals surface area contributed by atoms with Crippen LogP contribution in [-0.2, 0) is 12.8 Å². The van der Waals surface area contributed by atoms with Gasteiger partial charge in [-0.25, -0.2) is 10.8 Å². The molecular weight excluding hydrogens is 344 g/mol. The summed E-state index contributed by atoms with van der Waals surface area (Å²) in [4.78, 5) is 8.84. The van der Waals surface area contributed by atoms with Gasteiger partial charge in [0.1, 0.15) is 5.75 Å². The number of nitrogen functional groups attached to an aromatic ring is 1. The van der Waals surface area contributed by atoms with Crippen molar-refractivity contribution in [1.29, 1.82) is 0 Å². The molecular formula is C18H22N8O. The van der Waals surface area contributed by atoms with Gasteiger partial charge in [0.05, 0.1) is 30.9 Å². The third-order valence-electron chi connectivity index (χ3n) is 4.72. The Kier molecular flexibility index (Phi) is 4.51. The minimum Gasteiger partial charge on any atom is -0.497 e. The number of hydrogen-bond donors (Lipinski definition) is 4. The first-order chi connectivity index (χ1) is 13.1. The highest BCUT2D eigenvalue weighted by Crippen LogP contribution is 2.28. The van der Waals surface area contributed by atoms with Crippen molar-refractivity contribution in [2.24, 2.45) is 5.84 Å². The van der Waals surface area contributed by atoms with Crippen LogP contribution in [0.3, 0.4) is 0 Å². The van der Waals surface area contributed by atoms with Crippen LogP contribution in [0.5, 0.6) is 5.75 Å². The standard InChI is InChI=1S/C18H22N8O/c1-27-14-5-3-13(4-6-14)26(20)17-15(19)10-21-18(24-17)23-12-2-7-16-11(8-12)9-22-25-16/h3-6,9-10,12H,2,7-8,19-20H2,1H3,(H,22,25)(H,21,23,24). The minimum absolute atomic E-state index is 0.235. The Bertz CT molecular complexity index is 923. The van der Waals surface area contributed by atoms with E-state index in [0.717, 1.165) is 30.7 Å². The molecule has 0 radical (unpaired) electrons. The second-order valence-electron chi connectivity index (χ2n) is 6.50. The molecule has 0 amide bonds. The Morgan fingerprint density at radius 1 is 1.26 bits per heavy atom. The van der Waals surface area contributed by atoms with Crippen molar-refractivity contribution in [3.8, 4) is 5.75 Å². The third-order valence-corrected chi connectivity index (χ3v) is 4.72. The van der Waals surface area contributed by atoms with E-state index in [4.69, 9.17) is 16.3 Å². The average molecular weight is 366 g/mol. The molecule has 1 unspecified atom stereocenters. The third kappa shape index (κ3) is 3.49. The van der Waals surface area contributed by atoms with E-state index in [1.807, 2.05) is 30.5 Å². The van der Waals surface area contributed by atoms with Crippen molar-refractivity contribution in [2.45, 2.75) is 25.3 Å². The number of nitrogens with two attached hydrogens (primary N) is 2. The average Bonchev–Trinajstić information content (AvgIpc) is 3.17. The van der Waals surface area contributed by atoms with Crippen molar-refractivity contribution in [3.05, 3.63) is 47.9 Å². The number of hydrogen-bond acceptors (Lipinski definition) is 8. The number of nitrogens with zero attached hydrogens (tertiary/aromatic N) is 4. The summed E-state index contributed by atoms with van der Waals surface area (Å²) in [6.45, 7) is 0. The van der Waals surface area contributed by atoms with Crippen molar-refractivity contribution in [2.75, 3.05) is 23.2 Å². The largest absolute Gasteiger partial charge is 0.497 e. The van der Waals surface area contributed by atoms with Crippen LogP contribution in [0.2, 0.25) is 0 Å². The summed E-state index contributed by atoms with van der Waals surface area (Å²) < 4.78 is 5.17. The molecule has 1 aromatic carbocycles. The van der Waals surface area contributed by atoms with E-state index in [-0.39, 0.29) is 6.04 Å². The number of benzene rings is 1. The molecule has 0 aliphatic heterocycles. The summed E-state index contributed by atoms with van der Waals surface area (Å²) in [6.07, 6.45) is 6.25. The highest BCUT2D eigenvalue weighted by Gasteiger charge is 2.21. The van der Waals surface area contributed by atoms with Gasteiger partial charge in [-0.1, -0.05) is 0 Å². The number of ether oxygens (including phenoxy) is 1. The van der Waals surface area contributed by atoms with E-state index in [0.29, 0.717) is 17.5 Å². The number of nitrogens with one attached hydrogen (secondary N) is 2. The number of fused-ring (bicyclic) bond motifs is 1. The van der Waals surface area contributed by atoms with Crippen LogP contribution in [0.4, 0.5) is 23.1 Å². The van der Waals surface area contributed by atoms with E-state index < -0.39 is 0 Å². The van der Waals surface area contributed by atoms with Crippen LogP contribution >= 0.6 is 0 Å². The molecule has 1 atom stereocenters. The molecule has 1 aliphatic carbocycles. The molecule has 4 rings (SSSR count). The van der Waals surface area contributed by atoms with Crippen LogP contribution < -0.4 is 26.6 Å². The van der Waals surface area contributed by atoms with Gasteiger partial charge in [0.15, 0.2) is 5.82 Å². The maximum Gasteiger partial charge on any atom is 0.225 e. The van der Waals surface area contributed by atoms with Crippen molar-refractivity contribution < 1.29 is 4.74 Å². The fourth-order valence-corrected chi connectivity index (χ4v) is 3.23. The second kappa shape index (κ2) is 7.12. The fourth-order valence-electron chi connectivity index (χ4n) is 3.23. The first-order valence-electron chi connectivity index (χ1n) is 8.73. The lowest BCUT2D eigenvalue weighted by Crippen LogP contribution is -2.30. The zero-order valence-corrected chi connectivity index (χ0v) is 15.0. The lowest BCUT2D eigenvalue weighted by atomic mass is 9.94. The monoisotopic (exact) mass is 366 g/mol. The summed E-state index contributed by atoms with van der Waals surface area (Å²) in [7, 11) is 1.62. The Labute approximate surface area is 156 Å². The molecule has 0 fully saturated rings. The molecule has 0 bridgehead atoms. The highest BCUT2D eigenvalue weighted by atomic mass is 16.5. The van der Waals surface area contributed by atoms with Crippen molar-refractivity contribution in [1.82, 2.24) is 20.2 Å². The quantitative estimate of drug-likeness (QED) is 0.397. The fraction of sp³-hybridized carbons (Fsp3) is 0.278. The predicted molar refractivity (Wildman–Crippen MR) is 104 cm³/mol. The van der Waals surface area contributed by atoms with Gasteiger partial charge in [-0.3, -0.25) is 10.1 Å². The first-order valence-corrected chi connectivity index (χ1v) is 8.73. The van der Waals surface area contributed by atoms with Gasteiger partial charge >= 0.3 is 0 Å². The van der Waals surface area contributed by atoms with E-state index in [2.05, 4.69) is 25.5 Å². The first kappa shape index (κ1) is 17.1. The van der Waals surface area contributed by atoms with Gasteiger partial charge in [-0.2, -0.15) is 10.1 Å². The Morgan fingerprint density at radius 3 is 2.85 bits per heavy atom. The highest BCUT2D eigenvalue weighted by molar-refractivity contribution is 5.70. The summed E-state index contributed by atoms with van der Waals surface area (Å²) in [5, 5.41) is 12.0. The van der Waals surface area contributed by atoms with Gasteiger partial charge in [0.25, 0.3) is 0 Å². The van der Waals surface area contributed by atoms with Gasteiger partial charge in [0.2, 0.25) is 5.95 Å². The molecule has 1 aliphatic rings. The molecule has 140 valence electrons. The molecule has 0 saturated heterocycles. The molecule has 9 heteroatoms. The van der Waals surface area contributed by atoms with E-state index >= 15 is 0 Å². The molecule has 9 nitrogen and oxygen atoms in total. The van der Waals surface area contributed by atoms with Gasteiger partial charge in [-0.05, 0) is 49.1 Å². The maximum atomic E-state index is 6.24. The summed E-state index contributed by atoms with van der Waals surface area (Å²) >= 11 is 0.